The van der Waals surface area contributed by atoms with Gasteiger partial charge in [0.2, 0.25) is 0 Å². The molecule has 1 N–H and O–H groups in total. The maximum absolute atomic E-state index is 13.2. The van der Waals surface area contributed by atoms with E-state index in [-0.39, 0.29) is 21.5 Å². The Hall–Kier alpha value is -2.67. The van der Waals surface area contributed by atoms with E-state index in [4.69, 9.17) is 32.7 Å². The summed E-state index contributed by atoms with van der Waals surface area (Å²) in [5.74, 6) is 0.966. The van der Waals surface area contributed by atoms with Gasteiger partial charge < -0.3 is 24.0 Å². The van der Waals surface area contributed by atoms with Gasteiger partial charge in [-0.15, -0.1) is 0 Å². The zero-order valence-corrected chi connectivity index (χ0v) is 25.2. The first-order valence-electron chi connectivity index (χ1n) is 13.5. The second-order valence-electron chi connectivity index (χ2n) is 10.5. The number of hydrogen-bond donors (Lipinski definition) is 1. The van der Waals surface area contributed by atoms with E-state index in [0.29, 0.717) is 24.4 Å². The number of amides is 1. The van der Waals surface area contributed by atoms with Crippen LogP contribution in [0.1, 0.15) is 75.2 Å². The fraction of sp³-hybridized carbons (Fsp3) is 0.452. The van der Waals surface area contributed by atoms with Crippen LogP contribution in [0.3, 0.4) is 0 Å². The Balaban J connectivity index is 1.89. The highest BCUT2D eigenvalue weighted by Gasteiger charge is 2.30. The van der Waals surface area contributed by atoms with Crippen LogP contribution in [0.2, 0.25) is 10.0 Å². The molecule has 1 aromatic heterocycles. The van der Waals surface area contributed by atoms with Crippen molar-refractivity contribution in [3.8, 4) is 11.5 Å². The first-order chi connectivity index (χ1) is 18.5. The number of halogens is 2. The van der Waals surface area contributed by atoms with E-state index in [2.05, 4.69) is 30.5 Å². The van der Waals surface area contributed by atoms with Crippen molar-refractivity contribution in [2.75, 3.05) is 20.2 Å². The molecule has 2 aromatic carbocycles. The third-order valence-electron chi connectivity index (χ3n) is 6.76. The normalized spacial score (nSPS) is 13.2. The third kappa shape index (κ3) is 7.30. The Bertz CT molecular complexity index is 1230. The molecule has 3 aromatic rings. The number of aliphatic hydroxyl groups excluding tert-OH is 1. The van der Waals surface area contributed by atoms with Gasteiger partial charge in [-0.3, -0.25) is 4.79 Å². The number of hydrogen-bond acceptors (Lipinski definition) is 4. The van der Waals surface area contributed by atoms with Crippen LogP contribution in [0.4, 0.5) is 0 Å². The minimum absolute atomic E-state index is 0.149. The number of carbonyl (C=O) groups excluding carboxylic acids is 1. The second-order valence-corrected chi connectivity index (χ2v) is 11.2. The maximum atomic E-state index is 13.2. The van der Waals surface area contributed by atoms with Crippen molar-refractivity contribution < 1.29 is 19.4 Å². The first-order valence-corrected chi connectivity index (χ1v) is 14.2. The molecule has 0 aliphatic rings. The third-order valence-corrected chi connectivity index (χ3v) is 7.63. The molecule has 0 fully saturated rings. The fourth-order valence-electron chi connectivity index (χ4n) is 4.86. The molecule has 6 nitrogen and oxygen atoms in total. The molecule has 1 amide bonds. The molecule has 212 valence electrons. The molecule has 2 atom stereocenters. The zero-order valence-electron chi connectivity index (χ0n) is 23.7. The monoisotopic (exact) mass is 574 g/mol. The maximum Gasteiger partial charge on any atom is 0.255 e. The van der Waals surface area contributed by atoms with Gasteiger partial charge in [0.25, 0.3) is 5.91 Å². The number of aliphatic hydroxyl groups is 1. The quantitative estimate of drug-likeness (QED) is 0.229. The van der Waals surface area contributed by atoms with E-state index in [0.717, 1.165) is 36.3 Å². The van der Waals surface area contributed by atoms with Gasteiger partial charge in [-0.25, -0.2) is 0 Å². The Kier molecular flexibility index (Phi) is 10.8. The van der Waals surface area contributed by atoms with E-state index in [1.54, 1.807) is 31.1 Å². The topological polar surface area (TPSA) is 63.9 Å². The van der Waals surface area contributed by atoms with Crippen LogP contribution < -0.4 is 9.47 Å². The molecule has 0 radical (unpaired) electrons. The second kappa shape index (κ2) is 13.6. The minimum atomic E-state index is -0.851. The van der Waals surface area contributed by atoms with Crippen molar-refractivity contribution in [2.45, 2.75) is 71.6 Å². The summed E-state index contributed by atoms with van der Waals surface area (Å²) in [4.78, 5) is 14.9. The Morgan fingerprint density at radius 3 is 2.23 bits per heavy atom. The minimum Gasteiger partial charge on any atom is -0.497 e. The van der Waals surface area contributed by atoms with E-state index in [9.17, 15) is 9.90 Å². The summed E-state index contributed by atoms with van der Waals surface area (Å²) in [6.45, 7) is 11.3. The van der Waals surface area contributed by atoms with Gasteiger partial charge >= 0.3 is 0 Å². The van der Waals surface area contributed by atoms with E-state index < -0.39 is 12.2 Å². The predicted molar refractivity (Wildman–Crippen MR) is 158 cm³/mol. The highest BCUT2D eigenvalue weighted by Crippen LogP contribution is 2.39. The fourth-order valence-corrected chi connectivity index (χ4v) is 5.31. The molecule has 0 saturated heterocycles. The van der Waals surface area contributed by atoms with Crippen LogP contribution in [-0.2, 0) is 12.0 Å². The Morgan fingerprint density at radius 2 is 1.67 bits per heavy atom. The summed E-state index contributed by atoms with van der Waals surface area (Å²) in [6, 6.07) is 15.2. The van der Waals surface area contributed by atoms with Crippen molar-refractivity contribution in [2.24, 2.45) is 0 Å². The molecule has 0 saturated carbocycles. The molecule has 3 rings (SSSR count). The van der Waals surface area contributed by atoms with Crippen LogP contribution in [0, 0.1) is 0 Å². The lowest BCUT2D eigenvalue weighted by molar-refractivity contribution is 0.0405. The van der Waals surface area contributed by atoms with E-state index in [1.807, 2.05) is 44.3 Å². The first kappa shape index (κ1) is 30.9. The predicted octanol–water partition coefficient (Wildman–Crippen LogP) is 7.54. The van der Waals surface area contributed by atoms with E-state index >= 15 is 0 Å². The number of benzene rings is 2. The lowest BCUT2D eigenvalue weighted by Crippen LogP contribution is -2.34. The van der Waals surface area contributed by atoms with Gasteiger partial charge in [-0.1, -0.05) is 49.2 Å². The molecule has 0 aliphatic heterocycles. The van der Waals surface area contributed by atoms with Crippen LogP contribution in [-0.4, -0.2) is 46.8 Å². The summed E-state index contributed by atoms with van der Waals surface area (Å²) in [6.07, 6.45) is 2.87. The number of methoxy groups -OCH3 is 1. The molecular weight excluding hydrogens is 535 g/mol. The summed E-state index contributed by atoms with van der Waals surface area (Å²) < 4.78 is 13.7. The van der Waals surface area contributed by atoms with Gasteiger partial charge in [0, 0.05) is 24.8 Å². The van der Waals surface area contributed by atoms with Gasteiger partial charge in [0.15, 0.2) is 6.10 Å². The van der Waals surface area contributed by atoms with Gasteiger partial charge in [-0.2, -0.15) is 0 Å². The van der Waals surface area contributed by atoms with Crippen LogP contribution in [0.15, 0.2) is 54.7 Å². The van der Waals surface area contributed by atoms with Crippen LogP contribution in [0.25, 0.3) is 0 Å². The number of nitrogens with zero attached hydrogens (tertiary/aromatic N) is 2. The smallest absolute Gasteiger partial charge is 0.255 e. The summed E-state index contributed by atoms with van der Waals surface area (Å²) in [7, 11) is 1.65. The molecule has 1 heterocycles. The Labute approximate surface area is 242 Å². The Morgan fingerprint density at radius 1 is 1.03 bits per heavy atom. The lowest BCUT2D eigenvalue weighted by atomic mass is 9.93. The summed E-state index contributed by atoms with van der Waals surface area (Å²) >= 11 is 13.3. The standard InChI is InChI=1S/C31H40Cl2N2O4/c1-7-17-34(18-8-2)30(37)24-15-16-26(28(33)27(24)32)39-29(21(3)36)25-10-9-19-35(25)31(4,5)20-22-11-13-23(38-6)14-12-22/h9-16,19,21,29,36H,7-8,17-18,20H2,1-6H3. The number of rotatable bonds is 13. The molecule has 2 unspecified atom stereocenters. The molecule has 0 aliphatic carbocycles. The highest BCUT2D eigenvalue weighted by molar-refractivity contribution is 6.44. The van der Waals surface area contributed by atoms with Crippen molar-refractivity contribution in [3.63, 3.8) is 0 Å². The summed E-state index contributed by atoms with van der Waals surface area (Å²) in [5.41, 5.74) is 1.97. The van der Waals surface area contributed by atoms with Crippen LogP contribution in [0.5, 0.6) is 11.5 Å². The van der Waals surface area contributed by atoms with Gasteiger partial charge in [0.05, 0.1) is 29.5 Å². The van der Waals surface area contributed by atoms with Gasteiger partial charge in [0.1, 0.15) is 16.5 Å². The van der Waals surface area contributed by atoms with Crippen molar-refractivity contribution >= 4 is 29.1 Å². The van der Waals surface area contributed by atoms with E-state index in [1.165, 1.54) is 0 Å². The van der Waals surface area contributed by atoms with Crippen LogP contribution >= 0.6 is 23.2 Å². The SMILES string of the molecule is CCCN(CCC)C(=O)c1ccc(OC(c2cccn2C(C)(C)Cc2ccc(OC)cc2)C(C)O)c(Cl)c1Cl. The highest BCUT2D eigenvalue weighted by atomic mass is 35.5. The van der Waals surface area contributed by atoms with Crippen molar-refractivity contribution in [1.29, 1.82) is 0 Å². The van der Waals surface area contributed by atoms with Gasteiger partial charge in [-0.05, 0) is 82.0 Å². The average molecular weight is 576 g/mol. The molecule has 8 heteroatoms. The number of aromatic nitrogens is 1. The zero-order chi connectivity index (χ0) is 28.7. The molecule has 39 heavy (non-hydrogen) atoms. The average Bonchev–Trinajstić information content (AvgIpc) is 3.40. The number of ether oxygens (including phenoxy) is 2. The lowest BCUT2D eigenvalue weighted by Gasteiger charge is -2.33. The molecular formula is C31H40Cl2N2O4. The van der Waals surface area contributed by atoms with Crippen molar-refractivity contribution in [3.05, 3.63) is 81.6 Å². The largest absolute Gasteiger partial charge is 0.497 e. The molecule has 0 bridgehead atoms. The van der Waals surface area contributed by atoms with Crippen molar-refractivity contribution in [1.82, 2.24) is 9.47 Å². The summed E-state index contributed by atoms with van der Waals surface area (Å²) in [5, 5.41) is 11.1. The molecule has 0 spiro atoms. The number of carbonyl (C=O) groups is 1.